The lowest BCUT2D eigenvalue weighted by molar-refractivity contribution is -0.166. The summed E-state index contributed by atoms with van der Waals surface area (Å²) in [5, 5.41) is 39.1. The van der Waals surface area contributed by atoms with E-state index in [9.17, 15) is 15.0 Å². The van der Waals surface area contributed by atoms with Gasteiger partial charge in [-0.05, 0) is 6.92 Å². The molecule has 1 aliphatic rings. The van der Waals surface area contributed by atoms with Crippen molar-refractivity contribution in [2.45, 2.75) is 24.9 Å². The Morgan fingerprint density at radius 1 is 1.62 bits per heavy atom. The highest BCUT2D eigenvalue weighted by Crippen LogP contribution is 2.25. The second-order valence-corrected chi connectivity index (χ2v) is 3.28. The largest absolute Gasteiger partial charge is 0.481 e. The number of hydrogen-bond acceptors (Lipinski definition) is 5. The number of aliphatic hydroxyl groups is 3. The molecule has 6 heteroatoms. The zero-order chi connectivity index (χ0) is 10.2. The van der Waals surface area contributed by atoms with Gasteiger partial charge in [-0.1, -0.05) is 0 Å². The Labute approximate surface area is 74.8 Å². The number of hydrogen-bond donors (Lipinski definition) is 5. The van der Waals surface area contributed by atoms with Gasteiger partial charge in [-0.15, -0.1) is 0 Å². The normalized spacial score (nSPS) is 41.8. The molecule has 1 unspecified atom stereocenters. The molecule has 1 aliphatic heterocycles. The standard InChI is InChI=1S/C7H13NO5/c1-3(6(11)12)7(13)5(10)4(9)2-8-7/h3-5,8-10,13H,2H2,1H3,(H,11,12)/t3?,4-,5-,7-/m1/s1. The van der Waals surface area contributed by atoms with Crippen LogP contribution in [0, 0.1) is 5.92 Å². The monoisotopic (exact) mass is 191 g/mol. The molecule has 0 saturated carbocycles. The molecule has 0 aliphatic carbocycles. The zero-order valence-corrected chi connectivity index (χ0v) is 7.14. The third-order valence-electron chi connectivity index (χ3n) is 2.44. The van der Waals surface area contributed by atoms with Crippen LogP contribution in [0.25, 0.3) is 0 Å². The molecular weight excluding hydrogens is 178 g/mol. The summed E-state index contributed by atoms with van der Waals surface area (Å²) in [6.45, 7) is 1.24. The van der Waals surface area contributed by atoms with Crippen LogP contribution in [0.3, 0.4) is 0 Å². The maximum absolute atomic E-state index is 10.6. The lowest BCUT2D eigenvalue weighted by Gasteiger charge is -2.30. The molecule has 0 aromatic rings. The van der Waals surface area contributed by atoms with Crippen LogP contribution in [0.4, 0.5) is 0 Å². The fraction of sp³-hybridized carbons (Fsp3) is 0.857. The van der Waals surface area contributed by atoms with E-state index in [2.05, 4.69) is 5.32 Å². The first kappa shape index (κ1) is 10.4. The van der Waals surface area contributed by atoms with Crippen molar-refractivity contribution in [3.8, 4) is 0 Å². The number of carboxylic acid groups (broad SMARTS) is 1. The van der Waals surface area contributed by atoms with Crippen molar-refractivity contribution in [3.05, 3.63) is 0 Å². The highest BCUT2D eigenvalue weighted by Gasteiger charge is 2.51. The summed E-state index contributed by atoms with van der Waals surface area (Å²) >= 11 is 0. The van der Waals surface area contributed by atoms with Gasteiger partial charge in [0.2, 0.25) is 0 Å². The molecule has 1 fully saturated rings. The van der Waals surface area contributed by atoms with Gasteiger partial charge in [0, 0.05) is 6.54 Å². The lowest BCUT2D eigenvalue weighted by atomic mass is 9.93. The van der Waals surface area contributed by atoms with Crippen LogP contribution >= 0.6 is 0 Å². The van der Waals surface area contributed by atoms with Gasteiger partial charge < -0.3 is 20.4 Å². The lowest BCUT2D eigenvalue weighted by Crippen LogP contribution is -2.56. The first-order valence-electron chi connectivity index (χ1n) is 3.96. The second-order valence-electron chi connectivity index (χ2n) is 3.28. The molecule has 1 heterocycles. The van der Waals surface area contributed by atoms with E-state index >= 15 is 0 Å². The predicted molar refractivity (Wildman–Crippen MR) is 41.8 cm³/mol. The number of carboxylic acids is 1. The molecule has 0 amide bonds. The summed E-state index contributed by atoms with van der Waals surface area (Å²) < 4.78 is 0. The Morgan fingerprint density at radius 3 is 2.46 bits per heavy atom. The Morgan fingerprint density at radius 2 is 2.15 bits per heavy atom. The molecule has 76 valence electrons. The maximum Gasteiger partial charge on any atom is 0.310 e. The molecule has 1 saturated heterocycles. The second kappa shape index (κ2) is 3.22. The summed E-state index contributed by atoms with van der Waals surface area (Å²) in [5.74, 6) is -2.41. The van der Waals surface area contributed by atoms with Crippen LogP contribution in [-0.2, 0) is 4.79 Å². The van der Waals surface area contributed by atoms with E-state index in [1.807, 2.05) is 0 Å². The minimum absolute atomic E-state index is 0.0186. The molecule has 6 nitrogen and oxygen atoms in total. The Hall–Kier alpha value is -0.690. The van der Waals surface area contributed by atoms with Crippen molar-refractivity contribution in [2.24, 2.45) is 5.92 Å². The van der Waals surface area contributed by atoms with Gasteiger partial charge in [0.15, 0.2) is 5.72 Å². The molecule has 0 bridgehead atoms. The topological polar surface area (TPSA) is 110 Å². The minimum atomic E-state index is -1.94. The maximum atomic E-state index is 10.6. The molecular formula is C7H13NO5. The summed E-state index contributed by atoms with van der Waals surface area (Å²) in [6.07, 6.45) is -2.61. The van der Waals surface area contributed by atoms with Crippen LogP contribution in [-0.4, -0.2) is 50.9 Å². The van der Waals surface area contributed by atoms with Crippen LogP contribution in [0.2, 0.25) is 0 Å². The Kier molecular flexibility index (Phi) is 2.58. The van der Waals surface area contributed by atoms with E-state index in [1.54, 1.807) is 0 Å². The average Bonchev–Trinajstić information content (AvgIpc) is 2.33. The molecule has 0 radical (unpaired) electrons. The fourth-order valence-electron chi connectivity index (χ4n) is 1.38. The molecule has 0 aromatic heterocycles. The number of rotatable bonds is 2. The minimum Gasteiger partial charge on any atom is -0.481 e. The molecule has 5 N–H and O–H groups in total. The molecule has 0 spiro atoms. The number of nitrogens with one attached hydrogen (secondary N) is 1. The average molecular weight is 191 g/mol. The molecule has 13 heavy (non-hydrogen) atoms. The van der Waals surface area contributed by atoms with Crippen molar-refractivity contribution in [2.75, 3.05) is 6.54 Å². The zero-order valence-electron chi connectivity index (χ0n) is 7.14. The van der Waals surface area contributed by atoms with Crippen LogP contribution in [0.1, 0.15) is 6.92 Å². The number of aliphatic hydroxyl groups excluding tert-OH is 2. The van der Waals surface area contributed by atoms with Gasteiger partial charge in [-0.25, -0.2) is 0 Å². The van der Waals surface area contributed by atoms with E-state index in [0.717, 1.165) is 0 Å². The highest BCUT2D eigenvalue weighted by molar-refractivity contribution is 5.71. The van der Waals surface area contributed by atoms with Gasteiger partial charge in [-0.2, -0.15) is 0 Å². The fourth-order valence-corrected chi connectivity index (χ4v) is 1.38. The van der Waals surface area contributed by atoms with Crippen LogP contribution < -0.4 is 5.32 Å². The van der Waals surface area contributed by atoms with E-state index in [1.165, 1.54) is 6.92 Å². The SMILES string of the molecule is CC(C(=O)O)[C@]1(O)NC[C@@H](O)[C@H]1O. The third-order valence-corrected chi connectivity index (χ3v) is 2.44. The first-order chi connectivity index (χ1) is 5.89. The summed E-state index contributed by atoms with van der Waals surface area (Å²) in [6, 6.07) is 0. The number of carbonyl (C=O) groups is 1. The van der Waals surface area contributed by atoms with E-state index in [0.29, 0.717) is 0 Å². The van der Waals surface area contributed by atoms with Gasteiger partial charge in [0.1, 0.15) is 6.10 Å². The van der Waals surface area contributed by atoms with Gasteiger partial charge in [-0.3, -0.25) is 10.1 Å². The van der Waals surface area contributed by atoms with Crippen molar-refractivity contribution < 1.29 is 25.2 Å². The number of aliphatic carboxylic acids is 1. The Bertz CT molecular complexity index is 221. The smallest absolute Gasteiger partial charge is 0.310 e. The summed E-state index contributed by atoms with van der Waals surface area (Å²) in [4.78, 5) is 10.6. The quantitative estimate of drug-likeness (QED) is 0.336. The third kappa shape index (κ3) is 1.53. The van der Waals surface area contributed by atoms with Crippen molar-refractivity contribution in [1.29, 1.82) is 0 Å². The van der Waals surface area contributed by atoms with Gasteiger partial charge >= 0.3 is 5.97 Å². The molecule has 0 aromatic carbocycles. The first-order valence-corrected chi connectivity index (χ1v) is 3.96. The van der Waals surface area contributed by atoms with Crippen molar-refractivity contribution >= 4 is 5.97 Å². The molecule has 4 atom stereocenters. The summed E-state index contributed by atoms with van der Waals surface area (Å²) in [5.41, 5.74) is -1.94. The van der Waals surface area contributed by atoms with Crippen LogP contribution in [0.15, 0.2) is 0 Å². The van der Waals surface area contributed by atoms with E-state index in [-0.39, 0.29) is 6.54 Å². The highest BCUT2D eigenvalue weighted by atomic mass is 16.4. The number of β-amino-alcohol motifs (C(OH)–C–C–N with tert-alkyl or cyclic N) is 1. The van der Waals surface area contributed by atoms with Gasteiger partial charge in [0.25, 0.3) is 0 Å². The predicted octanol–water partition coefficient (Wildman–Crippen LogP) is -2.28. The molecule has 1 rings (SSSR count). The van der Waals surface area contributed by atoms with E-state index in [4.69, 9.17) is 10.2 Å². The van der Waals surface area contributed by atoms with Crippen molar-refractivity contribution in [3.63, 3.8) is 0 Å². The van der Waals surface area contributed by atoms with E-state index < -0.39 is 29.8 Å². The Balaban J connectivity index is 2.82. The van der Waals surface area contributed by atoms with Crippen LogP contribution in [0.5, 0.6) is 0 Å². The summed E-state index contributed by atoms with van der Waals surface area (Å²) in [7, 11) is 0. The van der Waals surface area contributed by atoms with Gasteiger partial charge in [0.05, 0.1) is 12.0 Å². The van der Waals surface area contributed by atoms with Crippen molar-refractivity contribution in [1.82, 2.24) is 5.32 Å².